The summed E-state index contributed by atoms with van der Waals surface area (Å²) >= 11 is 0. The zero-order valence-electron chi connectivity index (χ0n) is 16.3. The summed E-state index contributed by atoms with van der Waals surface area (Å²) in [5, 5.41) is 67.4. The number of fused-ring (bicyclic) bond motifs is 2. The molecule has 0 radical (unpaired) electrons. The van der Waals surface area contributed by atoms with E-state index in [9.17, 15) is 30.6 Å². The van der Waals surface area contributed by atoms with Gasteiger partial charge in [0, 0.05) is 11.8 Å². The highest BCUT2D eigenvalue weighted by molar-refractivity contribution is 5.31. The van der Waals surface area contributed by atoms with Gasteiger partial charge in [0.05, 0.1) is 23.7 Å². The summed E-state index contributed by atoms with van der Waals surface area (Å²) in [6.45, 7) is 7.64. The van der Waals surface area contributed by atoms with Gasteiger partial charge in [-0.05, 0) is 42.9 Å². The zero-order valence-corrected chi connectivity index (χ0v) is 16.3. The van der Waals surface area contributed by atoms with Crippen LogP contribution in [0, 0.1) is 40.4 Å². The van der Waals surface area contributed by atoms with E-state index in [0.717, 1.165) is 0 Å². The van der Waals surface area contributed by atoms with E-state index in [1.54, 1.807) is 13.8 Å². The van der Waals surface area contributed by atoms with Crippen LogP contribution < -0.4 is 0 Å². The fourth-order valence-corrected chi connectivity index (χ4v) is 8.19. The number of hydrogen-bond acceptors (Lipinski definition) is 7. The largest absolute Gasteiger partial charge is 0.392 e. The number of aliphatic hydroxyl groups excluding tert-OH is 5. The first-order chi connectivity index (χ1) is 12.4. The molecular weight excluding hydrogens is 352 g/mol. The molecule has 27 heavy (non-hydrogen) atoms. The lowest BCUT2D eigenvalue weighted by Crippen LogP contribution is -2.63. The van der Waals surface area contributed by atoms with Crippen molar-refractivity contribution >= 4 is 0 Å². The summed E-state index contributed by atoms with van der Waals surface area (Å²) in [6.07, 6.45) is -5.80. The van der Waals surface area contributed by atoms with Crippen molar-refractivity contribution in [2.24, 2.45) is 40.4 Å². The van der Waals surface area contributed by atoms with Crippen LogP contribution in [0.1, 0.15) is 40.5 Å². The van der Waals surface area contributed by atoms with Crippen molar-refractivity contribution in [3.63, 3.8) is 0 Å². The van der Waals surface area contributed by atoms with Gasteiger partial charge in [0.1, 0.15) is 17.3 Å². The molecule has 0 aromatic heterocycles. The molecule has 7 heteroatoms. The molecule has 5 rings (SSSR count). The molecular formula is C20H32O7. The van der Waals surface area contributed by atoms with Gasteiger partial charge in [0.2, 0.25) is 0 Å². The summed E-state index contributed by atoms with van der Waals surface area (Å²) in [4.78, 5) is 0. The second kappa shape index (κ2) is 4.89. The van der Waals surface area contributed by atoms with E-state index in [-0.39, 0.29) is 29.6 Å². The fraction of sp³-hybridized carbons (Fsp3) is 1.00. The van der Waals surface area contributed by atoms with Gasteiger partial charge in [-0.25, -0.2) is 0 Å². The Morgan fingerprint density at radius 3 is 2.22 bits per heavy atom. The molecule has 0 amide bonds. The van der Waals surface area contributed by atoms with Crippen LogP contribution in [0.4, 0.5) is 0 Å². The minimum absolute atomic E-state index is 0.0457. The third kappa shape index (κ3) is 1.72. The van der Waals surface area contributed by atoms with Gasteiger partial charge < -0.3 is 35.4 Å². The maximum atomic E-state index is 11.5. The summed E-state index contributed by atoms with van der Waals surface area (Å²) in [5.41, 5.74) is -4.63. The number of hydrogen-bond donors (Lipinski definition) is 6. The van der Waals surface area contributed by atoms with Gasteiger partial charge in [0.15, 0.2) is 6.29 Å². The molecule has 0 unspecified atom stereocenters. The van der Waals surface area contributed by atoms with Crippen LogP contribution >= 0.6 is 0 Å². The van der Waals surface area contributed by atoms with Crippen LogP contribution in [0.25, 0.3) is 0 Å². The molecule has 0 spiro atoms. The third-order valence-electron chi connectivity index (χ3n) is 9.55. The SMILES string of the molecule is C[C@H]1C[C@@]2(O)[C@H]([C@H]1O)[C@@H](O)[C@]13[C@H](O)C[C@H]4[C@@H]([C@H]1[C@](C)(O[C@@H]3O)[C@H]2O)C4(C)C. The maximum Gasteiger partial charge on any atom is 0.166 e. The third-order valence-corrected chi connectivity index (χ3v) is 9.55. The lowest BCUT2D eigenvalue weighted by atomic mass is 9.57. The number of aliphatic hydroxyl groups is 6. The van der Waals surface area contributed by atoms with Gasteiger partial charge >= 0.3 is 0 Å². The van der Waals surface area contributed by atoms with E-state index in [1.165, 1.54) is 0 Å². The highest BCUT2D eigenvalue weighted by atomic mass is 16.6. The minimum atomic E-state index is -1.74. The van der Waals surface area contributed by atoms with Crippen molar-refractivity contribution in [2.75, 3.05) is 0 Å². The molecule has 6 N–H and O–H groups in total. The Morgan fingerprint density at radius 1 is 0.963 bits per heavy atom. The van der Waals surface area contributed by atoms with Crippen molar-refractivity contribution in [1.82, 2.24) is 0 Å². The highest BCUT2D eigenvalue weighted by Crippen LogP contribution is 2.78. The lowest BCUT2D eigenvalue weighted by molar-refractivity contribution is -0.280. The molecule has 0 aromatic carbocycles. The van der Waals surface area contributed by atoms with Crippen LogP contribution in [-0.2, 0) is 4.74 Å². The normalized spacial score (nSPS) is 68.7. The van der Waals surface area contributed by atoms with Gasteiger partial charge in [-0.3, -0.25) is 0 Å². The molecule has 1 saturated heterocycles. The number of rotatable bonds is 0. The first-order valence-electron chi connectivity index (χ1n) is 10.2. The van der Waals surface area contributed by atoms with Crippen LogP contribution in [-0.4, -0.2) is 72.5 Å². The second-order valence-corrected chi connectivity index (χ2v) is 10.9. The van der Waals surface area contributed by atoms with Gasteiger partial charge in [-0.2, -0.15) is 0 Å². The second-order valence-electron chi connectivity index (χ2n) is 10.9. The van der Waals surface area contributed by atoms with Crippen molar-refractivity contribution in [3.8, 4) is 0 Å². The Hall–Kier alpha value is -0.280. The molecule has 7 nitrogen and oxygen atoms in total. The zero-order chi connectivity index (χ0) is 19.9. The van der Waals surface area contributed by atoms with Crippen LogP contribution in [0.15, 0.2) is 0 Å². The van der Waals surface area contributed by atoms with E-state index < -0.39 is 59.2 Å². The predicted molar refractivity (Wildman–Crippen MR) is 93.0 cm³/mol. The first-order valence-corrected chi connectivity index (χ1v) is 10.2. The van der Waals surface area contributed by atoms with Crippen molar-refractivity contribution < 1.29 is 35.4 Å². The van der Waals surface area contributed by atoms with Crippen molar-refractivity contribution in [2.45, 2.75) is 82.4 Å². The fourth-order valence-electron chi connectivity index (χ4n) is 8.19. The van der Waals surface area contributed by atoms with E-state index in [2.05, 4.69) is 13.8 Å². The summed E-state index contributed by atoms with van der Waals surface area (Å²) < 4.78 is 5.92. The molecule has 154 valence electrons. The Kier molecular flexibility index (Phi) is 3.39. The Bertz CT molecular complexity index is 683. The Labute approximate surface area is 159 Å². The van der Waals surface area contributed by atoms with Crippen LogP contribution in [0.5, 0.6) is 0 Å². The Morgan fingerprint density at radius 2 is 1.59 bits per heavy atom. The standard InChI is InChI=1S/C20H32O7/c1-7-6-19(26)11(12(7)22)14(23)20-9(21)5-8-10(17(8,2)3)13(20)18(4,15(19)24)27-16(20)25/h7-16,21-26H,5-6H2,1-4H3/t7-,8-,9+,10-,11+,12-,13-,14+,15+,16-,18-,19+,20-/m0/s1. The molecule has 0 aromatic rings. The predicted octanol–water partition coefficient (Wildman–Crippen LogP) is -0.783. The molecule has 1 heterocycles. The summed E-state index contributed by atoms with van der Waals surface area (Å²) in [6, 6.07) is 0. The molecule has 2 bridgehead atoms. The first kappa shape index (κ1) is 18.7. The van der Waals surface area contributed by atoms with Crippen molar-refractivity contribution in [1.29, 1.82) is 0 Å². The highest BCUT2D eigenvalue weighted by Gasteiger charge is 2.85. The van der Waals surface area contributed by atoms with E-state index in [4.69, 9.17) is 4.74 Å². The lowest BCUT2D eigenvalue weighted by Gasteiger charge is -2.49. The smallest absolute Gasteiger partial charge is 0.166 e. The van der Waals surface area contributed by atoms with Crippen LogP contribution in [0.2, 0.25) is 0 Å². The monoisotopic (exact) mass is 384 g/mol. The average molecular weight is 384 g/mol. The quantitative estimate of drug-likeness (QED) is 0.323. The number of ether oxygens (including phenoxy) is 1. The van der Waals surface area contributed by atoms with Crippen molar-refractivity contribution in [3.05, 3.63) is 0 Å². The van der Waals surface area contributed by atoms with Crippen LogP contribution in [0.3, 0.4) is 0 Å². The average Bonchev–Trinajstić information content (AvgIpc) is 2.88. The van der Waals surface area contributed by atoms with E-state index >= 15 is 0 Å². The summed E-state index contributed by atoms with van der Waals surface area (Å²) in [7, 11) is 0. The summed E-state index contributed by atoms with van der Waals surface area (Å²) in [5.74, 6) is -1.66. The molecule has 4 saturated carbocycles. The van der Waals surface area contributed by atoms with E-state index in [1.807, 2.05) is 0 Å². The molecule has 5 fully saturated rings. The molecule has 4 aliphatic carbocycles. The topological polar surface area (TPSA) is 131 Å². The molecule has 5 aliphatic rings. The van der Waals surface area contributed by atoms with E-state index in [0.29, 0.717) is 6.42 Å². The minimum Gasteiger partial charge on any atom is -0.392 e. The van der Waals surface area contributed by atoms with Gasteiger partial charge in [-0.1, -0.05) is 20.8 Å². The molecule has 1 aliphatic heterocycles. The van der Waals surface area contributed by atoms with Gasteiger partial charge in [0.25, 0.3) is 0 Å². The maximum absolute atomic E-state index is 11.5. The Balaban J connectivity index is 1.76. The van der Waals surface area contributed by atoms with Gasteiger partial charge in [-0.15, -0.1) is 0 Å². The molecule has 13 atom stereocenters.